The summed E-state index contributed by atoms with van der Waals surface area (Å²) >= 11 is 0. The van der Waals surface area contributed by atoms with E-state index in [1.807, 2.05) is 0 Å². The minimum Gasteiger partial charge on any atom is -0.497 e. The molecule has 0 bridgehead atoms. The van der Waals surface area contributed by atoms with Gasteiger partial charge in [0.25, 0.3) is 5.91 Å². The first-order valence-corrected chi connectivity index (χ1v) is 10.7. The number of likely N-dealkylation sites (tertiary alicyclic amines) is 1. The summed E-state index contributed by atoms with van der Waals surface area (Å²) in [6.45, 7) is 0.964. The normalized spacial score (nSPS) is 14.1. The van der Waals surface area contributed by atoms with Gasteiger partial charge in [-0.1, -0.05) is 5.16 Å². The van der Waals surface area contributed by atoms with Crippen molar-refractivity contribution in [3.8, 4) is 28.6 Å². The van der Waals surface area contributed by atoms with E-state index in [0.717, 1.165) is 0 Å². The van der Waals surface area contributed by atoms with Gasteiger partial charge in [-0.25, -0.2) is 0 Å². The van der Waals surface area contributed by atoms with Crippen LogP contribution in [0.1, 0.15) is 33.7 Å². The Morgan fingerprint density at radius 3 is 2.21 bits per heavy atom. The smallest absolute Gasteiger partial charge is 0.276 e. The van der Waals surface area contributed by atoms with Crippen LogP contribution < -0.4 is 14.2 Å². The van der Waals surface area contributed by atoms with Gasteiger partial charge in [0.2, 0.25) is 0 Å². The van der Waals surface area contributed by atoms with Crippen molar-refractivity contribution in [2.24, 2.45) is 5.92 Å². The topological polar surface area (TPSA) is 91.1 Å². The number of hydrogen-bond acceptors (Lipinski definition) is 7. The number of rotatable bonds is 7. The van der Waals surface area contributed by atoms with Crippen LogP contribution in [0.2, 0.25) is 0 Å². The van der Waals surface area contributed by atoms with Crippen molar-refractivity contribution in [3.63, 3.8) is 0 Å². The Morgan fingerprint density at radius 2 is 1.58 bits per heavy atom. The van der Waals surface area contributed by atoms with Crippen molar-refractivity contribution in [1.29, 1.82) is 0 Å². The van der Waals surface area contributed by atoms with Gasteiger partial charge in [0.05, 0.1) is 26.9 Å². The summed E-state index contributed by atoms with van der Waals surface area (Å²) in [5, 5.41) is 3.98. The summed E-state index contributed by atoms with van der Waals surface area (Å²) in [5.41, 5.74) is 1.52. The van der Waals surface area contributed by atoms with E-state index in [1.54, 1.807) is 74.8 Å². The molecule has 1 aromatic heterocycles. The van der Waals surface area contributed by atoms with E-state index >= 15 is 0 Å². The van der Waals surface area contributed by atoms with Gasteiger partial charge in [-0.05, 0) is 55.3 Å². The number of hydrogen-bond donors (Lipinski definition) is 0. The summed E-state index contributed by atoms with van der Waals surface area (Å²) in [7, 11) is 4.73. The second kappa shape index (κ2) is 9.77. The molecule has 33 heavy (non-hydrogen) atoms. The van der Waals surface area contributed by atoms with Crippen LogP contribution in [0.3, 0.4) is 0 Å². The van der Waals surface area contributed by atoms with E-state index in [2.05, 4.69) is 5.16 Å². The van der Waals surface area contributed by atoms with E-state index in [0.29, 0.717) is 60.1 Å². The number of ether oxygens (including phenoxy) is 3. The minimum absolute atomic E-state index is 0.0959. The van der Waals surface area contributed by atoms with Crippen molar-refractivity contribution < 1.29 is 28.3 Å². The largest absolute Gasteiger partial charge is 0.497 e. The van der Waals surface area contributed by atoms with Crippen LogP contribution in [0.15, 0.2) is 53.1 Å². The molecule has 0 spiro atoms. The number of benzene rings is 2. The fourth-order valence-corrected chi connectivity index (χ4v) is 4.01. The van der Waals surface area contributed by atoms with E-state index in [-0.39, 0.29) is 23.3 Å². The summed E-state index contributed by atoms with van der Waals surface area (Å²) in [5.74, 6) is 2.11. The van der Waals surface area contributed by atoms with E-state index in [4.69, 9.17) is 18.7 Å². The van der Waals surface area contributed by atoms with Gasteiger partial charge >= 0.3 is 0 Å². The zero-order valence-electron chi connectivity index (χ0n) is 18.9. The number of carbonyl (C=O) groups excluding carboxylic acids is 2. The Kier molecular flexibility index (Phi) is 6.63. The molecule has 1 fully saturated rings. The number of methoxy groups -OCH3 is 3. The molecule has 0 aliphatic carbocycles. The predicted molar refractivity (Wildman–Crippen MR) is 121 cm³/mol. The molecule has 2 aromatic carbocycles. The third kappa shape index (κ3) is 4.69. The van der Waals surface area contributed by atoms with Crippen LogP contribution in [0.5, 0.6) is 17.2 Å². The van der Waals surface area contributed by atoms with Gasteiger partial charge in [0, 0.05) is 30.6 Å². The van der Waals surface area contributed by atoms with Crippen LogP contribution >= 0.6 is 0 Å². The van der Waals surface area contributed by atoms with Crippen LogP contribution in [0, 0.1) is 5.92 Å². The van der Waals surface area contributed by atoms with E-state index in [9.17, 15) is 9.59 Å². The molecule has 1 amide bonds. The van der Waals surface area contributed by atoms with Gasteiger partial charge in [-0.15, -0.1) is 0 Å². The van der Waals surface area contributed by atoms with E-state index in [1.165, 1.54) is 0 Å². The molecule has 0 unspecified atom stereocenters. The molecule has 172 valence electrons. The Hall–Kier alpha value is -3.81. The Balaban J connectivity index is 1.41. The number of piperidine rings is 1. The Morgan fingerprint density at radius 1 is 0.909 bits per heavy atom. The fraction of sp³-hybridized carbons (Fsp3) is 0.320. The number of aromatic nitrogens is 1. The van der Waals surface area contributed by atoms with Crippen LogP contribution in [0.25, 0.3) is 11.3 Å². The predicted octanol–water partition coefficient (Wildman–Crippen LogP) is 4.10. The molecule has 1 aliphatic rings. The summed E-state index contributed by atoms with van der Waals surface area (Å²) < 4.78 is 21.3. The number of Topliss-reactive ketones (excluding diaryl/α,β-unsaturated/α-hetero) is 1. The van der Waals surface area contributed by atoms with Gasteiger partial charge in [0.1, 0.15) is 17.2 Å². The molecule has 1 saturated heterocycles. The highest BCUT2D eigenvalue weighted by Gasteiger charge is 2.30. The zero-order chi connectivity index (χ0) is 23.4. The third-order valence-corrected chi connectivity index (χ3v) is 5.93. The van der Waals surface area contributed by atoms with Gasteiger partial charge < -0.3 is 23.6 Å². The highest BCUT2D eigenvalue weighted by Crippen LogP contribution is 2.34. The number of nitrogens with zero attached hydrogens (tertiary/aromatic N) is 2. The monoisotopic (exact) mass is 450 g/mol. The highest BCUT2D eigenvalue weighted by molar-refractivity contribution is 5.98. The molecule has 0 atom stereocenters. The molecule has 0 N–H and O–H groups in total. The lowest BCUT2D eigenvalue weighted by Crippen LogP contribution is -2.40. The first kappa shape index (κ1) is 22.4. The summed E-state index contributed by atoms with van der Waals surface area (Å²) in [6.07, 6.45) is 1.20. The highest BCUT2D eigenvalue weighted by atomic mass is 16.5. The van der Waals surface area contributed by atoms with Crippen molar-refractivity contribution in [3.05, 3.63) is 59.8 Å². The lowest BCUT2D eigenvalue weighted by Gasteiger charge is -2.30. The Labute approximate surface area is 192 Å². The molecule has 2 heterocycles. The first-order chi connectivity index (χ1) is 16.0. The number of amides is 1. The van der Waals surface area contributed by atoms with Crippen molar-refractivity contribution in [2.75, 3.05) is 34.4 Å². The van der Waals surface area contributed by atoms with E-state index < -0.39 is 0 Å². The second-order valence-corrected chi connectivity index (χ2v) is 7.80. The molecule has 4 rings (SSSR count). The number of ketones is 1. The maximum Gasteiger partial charge on any atom is 0.276 e. The van der Waals surface area contributed by atoms with Gasteiger partial charge in [-0.3, -0.25) is 9.59 Å². The molecule has 8 nitrogen and oxygen atoms in total. The molecular formula is C25H26N2O6. The molecule has 8 heteroatoms. The van der Waals surface area contributed by atoms with Gasteiger partial charge in [-0.2, -0.15) is 0 Å². The summed E-state index contributed by atoms with van der Waals surface area (Å²) in [6, 6.07) is 14.0. The van der Waals surface area contributed by atoms with Crippen LogP contribution in [0.4, 0.5) is 0 Å². The number of carbonyl (C=O) groups is 2. The van der Waals surface area contributed by atoms with Crippen LogP contribution in [-0.4, -0.2) is 56.2 Å². The molecule has 3 aromatic rings. The van der Waals surface area contributed by atoms with Gasteiger partial charge in [0.15, 0.2) is 17.2 Å². The lowest BCUT2D eigenvalue weighted by molar-refractivity contribution is 0.0642. The lowest BCUT2D eigenvalue weighted by atomic mass is 9.89. The molecule has 0 saturated carbocycles. The average Bonchev–Trinajstić information content (AvgIpc) is 3.38. The SMILES string of the molecule is COc1ccc(C(=O)C2CCN(C(=O)c3cc(-c4cc(OC)ccc4OC)on3)CC2)cc1. The Bertz CT molecular complexity index is 1130. The molecule has 0 radical (unpaired) electrons. The first-order valence-electron chi connectivity index (χ1n) is 10.7. The zero-order valence-corrected chi connectivity index (χ0v) is 18.9. The summed E-state index contributed by atoms with van der Waals surface area (Å²) in [4.78, 5) is 27.5. The minimum atomic E-state index is -0.220. The molecular weight excluding hydrogens is 424 g/mol. The third-order valence-electron chi connectivity index (χ3n) is 5.93. The maximum atomic E-state index is 13.0. The second-order valence-electron chi connectivity index (χ2n) is 7.80. The molecule has 1 aliphatic heterocycles. The average molecular weight is 450 g/mol. The van der Waals surface area contributed by atoms with Crippen molar-refractivity contribution in [2.45, 2.75) is 12.8 Å². The van der Waals surface area contributed by atoms with Crippen LogP contribution in [-0.2, 0) is 0 Å². The fourth-order valence-electron chi connectivity index (χ4n) is 4.01. The van der Waals surface area contributed by atoms with Crippen molar-refractivity contribution >= 4 is 11.7 Å². The van der Waals surface area contributed by atoms with Crippen molar-refractivity contribution in [1.82, 2.24) is 10.1 Å². The standard InChI is InChI=1S/C25H26N2O6/c1-30-18-6-4-16(5-7-18)24(28)17-10-12-27(13-11-17)25(29)21-15-23(33-26-21)20-14-19(31-2)8-9-22(20)32-3/h4-9,14-15,17H,10-13H2,1-3H3. The maximum absolute atomic E-state index is 13.0. The quantitative estimate of drug-likeness (QED) is 0.501.